The highest BCUT2D eigenvalue weighted by Crippen LogP contribution is 1.93. The highest BCUT2D eigenvalue weighted by Gasteiger charge is 2.08. The van der Waals surface area contributed by atoms with Crippen molar-refractivity contribution in [3.63, 3.8) is 0 Å². The molecule has 1 atom stereocenters. The number of carbonyl (C=O) groups excluding carboxylic acids is 1. The van der Waals surface area contributed by atoms with Crippen LogP contribution < -0.4 is 0 Å². The Morgan fingerprint density at radius 2 is 2.10 bits per heavy atom. The van der Waals surface area contributed by atoms with Gasteiger partial charge in [-0.3, -0.25) is 9.59 Å². The molecule has 1 amide bonds. The number of amides is 1. The maximum absolute atomic E-state index is 10.6. The van der Waals surface area contributed by atoms with Gasteiger partial charge in [-0.25, -0.2) is 0 Å². The molecule has 4 nitrogen and oxygen atoms in total. The van der Waals surface area contributed by atoms with Crippen molar-refractivity contribution in [2.24, 2.45) is 0 Å². The number of rotatable bonds is 3. The summed E-state index contributed by atoms with van der Waals surface area (Å²) in [7, 11) is 2.29. The molecule has 58 valence electrons. The molecule has 1 unspecified atom stereocenters. The largest absolute Gasteiger partial charge is 0.480 e. The van der Waals surface area contributed by atoms with E-state index in [0.29, 0.717) is 6.29 Å². The lowest BCUT2D eigenvalue weighted by Crippen LogP contribution is -2.32. The molecule has 10 heavy (non-hydrogen) atoms. The summed E-state index contributed by atoms with van der Waals surface area (Å²) in [5.74, 6) is -1.21. The Balaban J connectivity index is 3.83. The summed E-state index contributed by atoms with van der Waals surface area (Å²) in [6, 6.07) is 0. The predicted octanol–water partition coefficient (Wildman–Crippen LogP) is -0.248. The van der Waals surface area contributed by atoms with E-state index in [4.69, 9.17) is 5.11 Å². The van der Waals surface area contributed by atoms with E-state index in [1.807, 2.05) is 0 Å². The smallest absolute Gasteiger partial charge is 0.323 e. The monoisotopic (exact) mass is 163 g/mol. The molecule has 1 N–H and O–H groups in total. The fraction of sp³-hybridized carbons (Fsp3) is 0.600. The van der Waals surface area contributed by atoms with E-state index in [-0.39, 0.29) is 12.5 Å². The summed E-state index contributed by atoms with van der Waals surface area (Å²) in [5.41, 5.74) is 0. The van der Waals surface area contributed by atoms with Crippen LogP contribution in [-0.4, -0.2) is 34.7 Å². The number of carboxylic acid groups (broad SMARTS) is 1. The molecule has 0 aromatic heterocycles. The fourth-order valence-corrected chi connectivity index (χ4v) is 0.854. The molecule has 0 heterocycles. The van der Waals surface area contributed by atoms with Gasteiger partial charge >= 0.3 is 5.97 Å². The predicted molar refractivity (Wildman–Crippen MR) is 39.6 cm³/mol. The van der Waals surface area contributed by atoms with Gasteiger partial charge < -0.3 is 10.0 Å². The lowest BCUT2D eigenvalue weighted by Gasteiger charge is -2.14. The molecule has 0 bridgehead atoms. The van der Waals surface area contributed by atoms with Gasteiger partial charge in [-0.05, 0) is 0 Å². The minimum atomic E-state index is -0.988. The van der Waals surface area contributed by atoms with E-state index in [9.17, 15) is 9.59 Å². The second-order valence-electron chi connectivity index (χ2n) is 1.79. The van der Waals surface area contributed by atoms with Crippen LogP contribution in [0.3, 0.4) is 0 Å². The summed E-state index contributed by atoms with van der Waals surface area (Å²) in [6.45, 7) is 1.12. The van der Waals surface area contributed by atoms with Gasteiger partial charge in [-0.15, -0.1) is 9.24 Å². The number of carboxylic acids is 1. The molecule has 0 radical (unpaired) electrons. The van der Waals surface area contributed by atoms with Gasteiger partial charge in [0.25, 0.3) is 0 Å². The Hall–Kier alpha value is -0.630. The molecule has 0 aromatic carbocycles. The van der Waals surface area contributed by atoms with Crippen molar-refractivity contribution in [3.05, 3.63) is 0 Å². The molecule has 5 heteroatoms. The van der Waals surface area contributed by atoms with E-state index >= 15 is 0 Å². The first-order valence-electron chi connectivity index (χ1n) is 2.75. The molecule has 0 saturated heterocycles. The first-order valence-corrected chi connectivity index (χ1v) is 3.57. The first-order chi connectivity index (χ1) is 4.57. The summed E-state index contributed by atoms with van der Waals surface area (Å²) >= 11 is 0. The normalized spacial score (nSPS) is 9.00. The average molecular weight is 163 g/mol. The van der Waals surface area contributed by atoms with Crippen LogP contribution in [0.4, 0.5) is 0 Å². The summed E-state index contributed by atoms with van der Waals surface area (Å²) in [4.78, 5) is 21.8. The lowest BCUT2D eigenvalue weighted by atomic mass is 10.5. The van der Waals surface area contributed by atoms with Crippen molar-refractivity contribution in [1.82, 2.24) is 4.90 Å². The molecular formula is C5H10NO3P. The average Bonchev–Trinajstić information content (AvgIpc) is 1.81. The number of aliphatic carboxylic acids is 1. The molecular weight excluding hydrogens is 153 g/mol. The van der Waals surface area contributed by atoms with Gasteiger partial charge in [0.2, 0.25) is 5.91 Å². The van der Waals surface area contributed by atoms with Gasteiger partial charge in [0.15, 0.2) is 0 Å². The molecule has 0 rings (SSSR count). The number of nitrogens with zero attached hydrogens (tertiary/aromatic N) is 1. The van der Waals surface area contributed by atoms with E-state index in [1.54, 1.807) is 0 Å². The number of carbonyl (C=O) groups is 2. The third kappa shape index (κ3) is 3.41. The van der Waals surface area contributed by atoms with Crippen molar-refractivity contribution in [1.29, 1.82) is 0 Å². The Morgan fingerprint density at radius 1 is 1.60 bits per heavy atom. The van der Waals surface area contributed by atoms with Crippen molar-refractivity contribution >= 4 is 21.1 Å². The summed E-state index contributed by atoms with van der Waals surface area (Å²) in [6.07, 6.45) is 0.363. The number of hydrogen-bond donors (Lipinski definition) is 1. The topological polar surface area (TPSA) is 57.6 Å². The Labute approximate surface area is 61.4 Å². The van der Waals surface area contributed by atoms with Crippen LogP contribution in [0.1, 0.15) is 6.92 Å². The highest BCUT2D eigenvalue weighted by atomic mass is 31.0. The molecule has 0 spiro atoms. The van der Waals surface area contributed by atoms with Gasteiger partial charge in [0, 0.05) is 13.2 Å². The zero-order chi connectivity index (χ0) is 8.15. The highest BCUT2D eigenvalue weighted by molar-refractivity contribution is 7.16. The van der Waals surface area contributed by atoms with Gasteiger partial charge in [0.05, 0.1) is 0 Å². The quantitative estimate of drug-likeness (QED) is 0.584. The second-order valence-corrected chi connectivity index (χ2v) is 2.16. The van der Waals surface area contributed by atoms with Crippen molar-refractivity contribution in [3.8, 4) is 0 Å². The first kappa shape index (κ1) is 9.37. The molecule has 0 aromatic rings. The lowest BCUT2D eigenvalue weighted by molar-refractivity contribution is -0.142. The van der Waals surface area contributed by atoms with E-state index in [0.717, 1.165) is 0 Å². The van der Waals surface area contributed by atoms with Crippen molar-refractivity contribution < 1.29 is 14.7 Å². The third-order valence-electron chi connectivity index (χ3n) is 0.992. The van der Waals surface area contributed by atoms with Gasteiger partial charge in [0.1, 0.15) is 6.54 Å². The Morgan fingerprint density at radius 3 is 2.20 bits per heavy atom. The Bertz CT molecular complexity index is 148. The molecule has 0 saturated carbocycles. The standard InChI is InChI=1S/C5H10NO3P/c1-4(7)6(3-10)2-5(8)9/h2-3,10H2,1H3,(H,8,9). The maximum atomic E-state index is 10.6. The number of hydrogen-bond acceptors (Lipinski definition) is 2. The van der Waals surface area contributed by atoms with Crippen LogP contribution in [0.5, 0.6) is 0 Å². The van der Waals surface area contributed by atoms with Crippen molar-refractivity contribution in [2.45, 2.75) is 6.92 Å². The van der Waals surface area contributed by atoms with Crippen molar-refractivity contribution in [2.75, 3.05) is 12.8 Å². The molecule has 0 aliphatic rings. The van der Waals surface area contributed by atoms with Gasteiger partial charge in [-0.1, -0.05) is 0 Å². The van der Waals surface area contributed by atoms with Crippen LogP contribution >= 0.6 is 9.24 Å². The molecule has 0 aliphatic carbocycles. The minimum absolute atomic E-state index is 0.223. The van der Waals surface area contributed by atoms with Crippen LogP contribution in [0.15, 0.2) is 0 Å². The van der Waals surface area contributed by atoms with Gasteiger partial charge in [-0.2, -0.15) is 0 Å². The van der Waals surface area contributed by atoms with Crippen LogP contribution in [-0.2, 0) is 9.59 Å². The third-order valence-corrected chi connectivity index (χ3v) is 1.43. The van der Waals surface area contributed by atoms with E-state index in [2.05, 4.69) is 9.24 Å². The molecule has 0 aliphatic heterocycles. The second kappa shape index (κ2) is 4.23. The minimum Gasteiger partial charge on any atom is -0.480 e. The SMILES string of the molecule is CC(=O)N(CP)CC(=O)O. The van der Waals surface area contributed by atoms with Crippen LogP contribution in [0.2, 0.25) is 0 Å². The van der Waals surface area contributed by atoms with Crippen LogP contribution in [0.25, 0.3) is 0 Å². The van der Waals surface area contributed by atoms with E-state index in [1.165, 1.54) is 11.8 Å². The molecule has 0 fully saturated rings. The zero-order valence-corrected chi connectivity index (χ0v) is 6.86. The van der Waals surface area contributed by atoms with E-state index < -0.39 is 5.97 Å². The maximum Gasteiger partial charge on any atom is 0.323 e. The summed E-state index contributed by atoms with van der Waals surface area (Å²) in [5, 5.41) is 8.26. The summed E-state index contributed by atoms with van der Waals surface area (Å²) < 4.78 is 0. The van der Waals surface area contributed by atoms with Crippen LogP contribution in [0, 0.1) is 0 Å². The zero-order valence-electron chi connectivity index (χ0n) is 5.70. The Kier molecular flexibility index (Phi) is 3.96. The fourth-order valence-electron chi connectivity index (χ4n) is 0.468.